The Kier molecular flexibility index (Phi) is 3.46. The average Bonchev–Trinajstić information content (AvgIpc) is 2.15. The van der Waals surface area contributed by atoms with Crippen molar-refractivity contribution in [3.63, 3.8) is 0 Å². The van der Waals surface area contributed by atoms with Gasteiger partial charge in [0.25, 0.3) is 5.91 Å². The standard InChI is InChI=1S/C9H6F2N2O4/c1-4(14)12-9(15)7-5(10)2-3-6(8(7)11)13(16)17/h2-3H,1H3,(H,12,14,15). The third-order valence-electron chi connectivity index (χ3n) is 1.78. The van der Waals surface area contributed by atoms with Crippen molar-refractivity contribution < 1.29 is 23.3 Å². The number of hydrogen-bond donors (Lipinski definition) is 1. The first-order chi connectivity index (χ1) is 7.84. The Morgan fingerprint density at radius 2 is 1.94 bits per heavy atom. The molecule has 0 aliphatic rings. The van der Waals surface area contributed by atoms with E-state index in [2.05, 4.69) is 0 Å². The normalized spacial score (nSPS) is 9.82. The van der Waals surface area contributed by atoms with Crippen LogP contribution in [0.4, 0.5) is 14.5 Å². The minimum atomic E-state index is -1.62. The Bertz CT molecular complexity index is 516. The van der Waals surface area contributed by atoms with E-state index in [-0.39, 0.29) is 0 Å². The summed E-state index contributed by atoms with van der Waals surface area (Å²) in [6.07, 6.45) is 0. The quantitative estimate of drug-likeness (QED) is 0.624. The van der Waals surface area contributed by atoms with Gasteiger partial charge in [-0.1, -0.05) is 0 Å². The lowest BCUT2D eigenvalue weighted by molar-refractivity contribution is -0.387. The Balaban J connectivity index is 3.32. The summed E-state index contributed by atoms with van der Waals surface area (Å²) in [6.45, 7) is 0.963. The second-order valence-corrected chi connectivity index (χ2v) is 3.02. The number of carbonyl (C=O) groups is 2. The van der Waals surface area contributed by atoms with Crippen LogP contribution in [0.3, 0.4) is 0 Å². The predicted octanol–water partition coefficient (Wildman–Crippen LogP) is 1.15. The molecule has 0 aliphatic heterocycles. The van der Waals surface area contributed by atoms with E-state index in [0.717, 1.165) is 6.92 Å². The fourth-order valence-electron chi connectivity index (χ4n) is 1.11. The molecular weight excluding hydrogens is 238 g/mol. The Morgan fingerprint density at radius 3 is 2.41 bits per heavy atom. The molecule has 0 radical (unpaired) electrons. The molecule has 17 heavy (non-hydrogen) atoms. The Morgan fingerprint density at radius 1 is 1.35 bits per heavy atom. The number of nitrogens with one attached hydrogen (secondary N) is 1. The number of amides is 2. The second kappa shape index (κ2) is 4.64. The van der Waals surface area contributed by atoms with Gasteiger partial charge in [-0.3, -0.25) is 25.0 Å². The van der Waals surface area contributed by atoms with Crippen LogP contribution < -0.4 is 5.32 Å². The van der Waals surface area contributed by atoms with Crippen molar-refractivity contribution in [2.24, 2.45) is 0 Å². The van der Waals surface area contributed by atoms with Gasteiger partial charge < -0.3 is 0 Å². The maximum absolute atomic E-state index is 13.4. The molecule has 6 nitrogen and oxygen atoms in total. The number of carbonyl (C=O) groups excluding carboxylic acids is 2. The molecule has 0 fully saturated rings. The van der Waals surface area contributed by atoms with Gasteiger partial charge in [0.05, 0.1) is 4.92 Å². The molecule has 0 aromatic heterocycles. The van der Waals surface area contributed by atoms with Gasteiger partial charge in [0.2, 0.25) is 11.7 Å². The van der Waals surface area contributed by atoms with E-state index in [9.17, 15) is 28.5 Å². The van der Waals surface area contributed by atoms with Crippen molar-refractivity contribution in [2.45, 2.75) is 6.92 Å². The number of rotatable bonds is 2. The molecule has 0 unspecified atom stereocenters. The predicted molar refractivity (Wildman–Crippen MR) is 51.2 cm³/mol. The molecule has 90 valence electrons. The van der Waals surface area contributed by atoms with Crippen molar-refractivity contribution in [2.75, 3.05) is 0 Å². The van der Waals surface area contributed by atoms with Crippen LogP contribution in [0.15, 0.2) is 12.1 Å². The largest absolute Gasteiger partial charge is 0.305 e. The smallest absolute Gasteiger partial charge is 0.292 e. The number of nitro groups is 1. The number of hydrogen-bond acceptors (Lipinski definition) is 4. The van der Waals surface area contributed by atoms with Gasteiger partial charge in [-0.15, -0.1) is 0 Å². The number of imide groups is 1. The van der Waals surface area contributed by atoms with Gasteiger partial charge in [0, 0.05) is 13.0 Å². The lowest BCUT2D eigenvalue weighted by Gasteiger charge is -2.04. The van der Waals surface area contributed by atoms with Crippen molar-refractivity contribution >= 4 is 17.5 Å². The van der Waals surface area contributed by atoms with Crippen molar-refractivity contribution in [3.05, 3.63) is 39.4 Å². The SMILES string of the molecule is CC(=O)NC(=O)c1c(F)ccc([N+](=O)[O-])c1F. The molecule has 0 atom stereocenters. The summed E-state index contributed by atoms with van der Waals surface area (Å²) in [4.78, 5) is 31.1. The summed E-state index contributed by atoms with van der Waals surface area (Å²) in [5.74, 6) is -5.10. The first kappa shape index (κ1) is 12.7. The van der Waals surface area contributed by atoms with Crippen LogP contribution in [0.25, 0.3) is 0 Å². The number of halogens is 2. The van der Waals surface area contributed by atoms with Gasteiger partial charge in [-0.25, -0.2) is 4.39 Å². The Hall–Kier alpha value is -2.38. The van der Waals surface area contributed by atoms with Gasteiger partial charge in [-0.2, -0.15) is 4.39 Å². The first-order valence-electron chi connectivity index (χ1n) is 4.29. The lowest BCUT2D eigenvalue weighted by atomic mass is 10.1. The average molecular weight is 244 g/mol. The third-order valence-corrected chi connectivity index (χ3v) is 1.78. The van der Waals surface area contributed by atoms with Crippen LogP contribution in [0.2, 0.25) is 0 Å². The van der Waals surface area contributed by atoms with Crippen LogP contribution in [0.1, 0.15) is 17.3 Å². The highest BCUT2D eigenvalue weighted by atomic mass is 19.1. The van der Waals surface area contributed by atoms with E-state index in [1.165, 1.54) is 0 Å². The van der Waals surface area contributed by atoms with Crippen molar-refractivity contribution in [1.29, 1.82) is 0 Å². The molecule has 0 heterocycles. The number of benzene rings is 1. The highest BCUT2D eigenvalue weighted by Gasteiger charge is 2.26. The summed E-state index contributed by atoms with van der Waals surface area (Å²) < 4.78 is 26.6. The summed E-state index contributed by atoms with van der Waals surface area (Å²) in [5, 5.41) is 12.0. The second-order valence-electron chi connectivity index (χ2n) is 3.02. The van der Waals surface area contributed by atoms with Crippen LogP contribution in [0, 0.1) is 21.7 Å². The van der Waals surface area contributed by atoms with E-state index in [1.54, 1.807) is 5.32 Å². The zero-order chi connectivity index (χ0) is 13.2. The van der Waals surface area contributed by atoms with Crippen LogP contribution in [0.5, 0.6) is 0 Å². The van der Waals surface area contributed by atoms with Gasteiger partial charge in [0.15, 0.2) is 0 Å². The van der Waals surface area contributed by atoms with Crippen LogP contribution >= 0.6 is 0 Å². The molecule has 2 amide bonds. The minimum absolute atomic E-state index is 0.580. The number of nitro benzene ring substituents is 1. The van der Waals surface area contributed by atoms with Gasteiger partial charge >= 0.3 is 5.69 Å². The molecule has 1 aromatic rings. The lowest BCUT2D eigenvalue weighted by Crippen LogP contribution is -2.29. The van der Waals surface area contributed by atoms with E-state index < -0.39 is 39.6 Å². The molecule has 1 rings (SSSR count). The van der Waals surface area contributed by atoms with Gasteiger partial charge in [-0.05, 0) is 6.07 Å². The third kappa shape index (κ3) is 2.60. The maximum Gasteiger partial charge on any atom is 0.305 e. The maximum atomic E-state index is 13.4. The Labute approximate surface area is 93.4 Å². The molecule has 1 N–H and O–H groups in total. The van der Waals surface area contributed by atoms with Crippen LogP contribution in [-0.4, -0.2) is 16.7 Å². The fourth-order valence-corrected chi connectivity index (χ4v) is 1.11. The van der Waals surface area contributed by atoms with Gasteiger partial charge in [0.1, 0.15) is 11.4 Å². The highest BCUT2D eigenvalue weighted by molar-refractivity contribution is 6.04. The summed E-state index contributed by atoms with van der Waals surface area (Å²) >= 11 is 0. The minimum Gasteiger partial charge on any atom is -0.292 e. The van der Waals surface area contributed by atoms with Crippen molar-refractivity contribution in [1.82, 2.24) is 5.32 Å². The van der Waals surface area contributed by atoms with Crippen molar-refractivity contribution in [3.8, 4) is 0 Å². The molecule has 8 heteroatoms. The van der Waals surface area contributed by atoms with E-state index in [4.69, 9.17) is 0 Å². The molecule has 1 aromatic carbocycles. The highest BCUT2D eigenvalue weighted by Crippen LogP contribution is 2.22. The summed E-state index contributed by atoms with van der Waals surface area (Å²) in [6, 6.07) is 1.17. The topological polar surface area (TPSA) is 89.3 Å². The molecule has 0 saturated carbocycles. The monoisotopic (exact) mass is 244 g/mol. The molecule has 0 spiro atoms. The van der Waals surface area contributed by atoms with E-state index >= 15 is 0 Å². The summed E-state index contributed by atoms with van der Waals surface area (Å²) in [7, 11) is 0. The zero-order valence-electron chi connectivity index (χ0n) is 8.49. The molecule has 0 aliphatic carbocycles. The first-order valence-corrected chi connectivity index (χ1v) is 4.29. The zero-order valence-corrected chi connectivity index (χ0v) is 8.49. The van der Waals surface area contributed by atoms with E-state index in [1.807, 2.05) is 0 Å². The summed E-state index contributed by atoms with van der Waals surface area (Å²) in [5.41, 5.74) is -2.20. The fraction of sp³-hybridized carbons (Fsp3) is 0.111. The van der Waals surface area contributed by atoms with E-state index in [0.29, 0.717) is 12.1 Å². The van der Waals surface area contributed by atoms with Crippen LogP contribution in [-0.2, 0) is 4.79 Å². The number of nitrogens with zero attached hydrogens (tertiary/aromatic N) is 1. The molecular formula is C9H6F2N2O4. The molecule has 0 saturated heterocycles. The molecule has 0 bridgehead atoms.